The zero-order chi connectivity index (χ0) is 35.4. The molecule has 10 heteroatoms. The maximum Gasteiger partial charge on any atom is 0.321 e. The minimum atomic E-state index is -3.56. The summed E-state index contributed by atoms with van der Waals surface area (Å²) in [4.78, 5) is 17.6. The molecule has 266 valence electrons. The van der Waals surface area contributed by atoms with E-state index in [4.69, 9.17) is 5.10 Å². The van der Waals surface area contributed by atoms with Crippen molar-refractivity contribution in [1.29, 1.82) is 0 Å². The van der Waals surface area contributed by atoms with Gasteiger partial charge in [-0.15, -0.1) is 0 Å². The van der Waals surface area contributed by atoms with Gasteiger partial charge in [0.2, 0.25) is 9.84 Å². The van der Waals surface area contributed by atoms with Gasteiger partial charge >= 0.3 is 5.97 Å². The van der Waals surface area contributed by atoms with Gasteiger partial charge in [0, 0.05) is 50.1 Å². The molecule has 0 unspecified atom stereocenters. The van der Waals surface area contributed by atoms with Gasteiger partial charge < -0.3 is 10.0 Å². The number of carboxylic acid groups (broad SMARTS) is 1. The number of aryl methyl sites for hydroxylation is 1. The number of hydrogen-bond donors (Lipinski definition) is 1. The van der Waals surface area contributed by atoms with Gasteiger partial charge in [-0.3, -0.25) is 14.4 Å². The van der Waals surface area contributed by atoms with E-state index in [0.717, 1.165) is 62.3 Å². The van der Waals surface area contributed by atoms with Crippen LogP contribution in [-0.4, -0.2) is 77.8 Å². The summed E-state index contributed by atoms with van der Waals surface area (Å²) in [5.74, 6) is -0.340. The van der Waals surface area contributed by atoms with E-state index in [9.17, 15) is 22.7 Å². The van der Waals surface area contributed by atoms with Crippen LogP contribution in [0.15, 0.2) is 94.7 Å². The predicted octanol–water partition coefficient (Wildman–Crippen LogP) is 6.86. The first-order valence-electron chi connectivity index (χ1n) is 18.0. The molecule has 0 saturated carbocycles. The summed E-state index contributed by atoms with van der Waals surface area (Å²) in [7, 11) is -3.56. The molecule has 1 N–H and O–H groups in total. The number of rotatable bonds is 13. The van der Waals surface area contributed by atoms with Crippen LogP contribution < -0.4 is 0 Å². The molecule has 3 aromatic carbocycles. The van der Waals surface area contributed by atoms with Crippen molar-refractivity contribution < 1.29 is 22.7 Å². The number of aliphatic carboxylic acids is 1. The fourth-order valence-corrected chi connectivity index (χ4v) is 9.33. The number of piperidine rings is 1. The molecule has 2 fully saturated rings. The van der Waals surface area contributed by atoms with Gasteiger partial charge in [-0.05, 0) is 98.3 Å². The van der Waals surface area contributed by atoms with Crippen LogP contribution in [0.1, 0.15) is 74.4 Å². The summed E-state index contributed by atoms with van der Waals surface area (Å²) in [6.07, 6.45) is 3.42. The Bertz CT molecular complexity index is 1860. The van der Waals surface area contributed by atoms with Crippen molar-refractivity contribution in [2.45, 2.75) is 80.7 Å². The third-order valence-corrected chi connectivity index (χ3v) is 12.7. The van der Waals surface area contributed by atoms with Crippen LogP contribution in [-0.2, 0) is 27.6 Å². The van der Waals surface area contributed by atoms with E-state index in [-0.39, 0.29) is 33.4 Å². The van der Waals surface area contributed by atoms with Gasteiger partial charge in [0.1, 0.15) is 11.9 Å². The number of hydrogen-bond acceptors (Lipinski definition) is 6. The summed E-state index contributed by atoms with van der Waals surface area (Å²) >= 11 is 0. The molecule has 2 saturated heterocycles. The lowest BCUT2D eigenvalue weighted by molar-refractivity contribution is -0.145. The molecule has 4 aromatic rings. The Morgan fingerprint density at radius 2 is 1.64 bits per heavy atom. The Morgan fingerprint density at radius 1 is 0.940 bits per heavy atom. The Balaban J connectivity index is 1.10. The smallest absolute Gasteiger partial charge is 0.321 e. The topological polar surface area (TPSA) is 95.7 Å². The van der Waals surface area contributed by atoms with Gasteiger partial charge in [-0.1, -0.05) is 62.7 Å². The quantitative estimate of drug-likeness (QED) is 0.163. The molecular formula is C40H49FN4O4S. The Labute approximate surface area is 295 Å². The molecule has 2 aliphatic heterocycles. The fourth-order valence-electron chi connectivity index (χ4n) is 8.04. The molecule has 0 amide bonds. The Kier molecular flexibility index (Phi) is 11.2. The molecule has 1 aromatic heterocycles. The van der Waals surface area contributed by atoms with Crippen LogP contribution in [0.5, 0.6) is 0 Å². The van der Waals surface area contributed by atoms with Gasteiger partial charge in [0.15, 0.2) is 0 Å². The van der Waals surface area contributed by atoms with Crippen molar-refractivity contribution in [3.05, 3.63) is 113 Å². The average molecular weight is 701 g/mol. The van der Waals surface area contributed by atoms with Crippen molar-refractivity contribution in [3.63, 3.8) is 0 Å². The van der Waals surface area contributed by atoms with Crippen LogP contribution in [0.2, 0.25) is 0 Å². The van der Waals surface area contributed by atoms with Crippen LogP contribution in [0.3, 0.4) is 0 Å². The molecule has 3 heterocycles. The monoisotopic (exact) mass is 700 g/mol. The van der Waals surface area contributed by atoms with E-state index in [1.54, 1.807) is 54.6 Å². The van der Waals surface area contributed by atoms with Crippen molar-refractivity contribution in [2.24, 2.45) is 11.8 Å². The minimum absolute atomic E-state index is 0.0265. The van der Waals surface area contributed by atoms with Gasteiger partial charge in [0.05, 0.1) is 15.5 Å². The molecule has 2 aliphatic rings. The fraction of sp³-hybridized carbons (Fsp3) is 0.450. The highest BCUT2D eigenvalue weighted by atomic mass is 32.2. The van der Waals surface area contributed by atoms with Crippen LogP contribution in [0, 0.1) is 17.7 Å². The van der Waals surface area contributed by atoms with Crippen LogP contribution in [0.25, 0.3) is 0 Å². The summed E-state index contributed by atoms with van der Waals surface area (Å²) < 4.78 is 42.5. The molecule has 4 atom stereocenters. The van der Waals surface area contributed by atoms with Crippen LogP contribution >= 0.6 is 0 Å². The van der Waals surface area contributed by atoms with Crippen molar-refractivity contribution in [3.8, 4) is 0 Å². The van der Waals surface area contributed by atoms with Gasteiger partial charge in [0.25, 0.3) is 0 Å². The molecule has 6 rings (SSSR count). The lowest BCUT2D eigenvalue weighted by Gasteiger charge is -2.35. The molecule has 0 aliphatic carbocycles. The second-order valence-electron chi connectivity index (χ2n) is 14.1. The molecule has 0 spiro atoms. The molecule has 0 bridgehead atoms. The highest BCUT2D eigenvalue weighted by Gasteiger charge is 2.42. The Hall–Kier alpha value is -3.86. The van der Waals surface area contributed by atoms with Crippen molar-refractivity contribution >= 4 is 15.8 Å². The van der Waals surface area contributed by atoms with E-state index in [2.05, 4.69) is 27.5 Å². The minimum Gasteiger partial charge on any atom is -0.480 e. The average Bonchev–Trinajstić information content (AvgIpc) is 3.73. The lowest BCUT2D eigenvalue weighted by atomic mass is 9.87. The summed E-state index contributed by atoms with van der Waals surface area (Å²) in [5.41, 5.74) is 4.18. The third-order valence-electron chi connectivity index (χ3n) is 10.9. The zero-order valence-corrected chi connectivity index (χ0v) is 30.1. The maximum atomic E-state index is 14.3. The predicted molar refractivity (Wildman–Crippen MR) is 193 cm³/mol. The number of halogens is 1. The highest BCUT2D eigenvalue weighted by molar-refractivity contribution is 7.91. The normalized spacial score (nSPS) is 20.6. The lowest BCUT2D eigenvalue weighted by Crippen LogP contribution is -2.45. The number of carboxylic acids is 1. The van der Waals surface area contributed by atoms with E-state index in [1.807, 2.05) is 32.0 Å². The van der Waals surface area contributed by atoms with E-state index < -0.39 is 21.8 Å². The van der Waals surface area contributed by atoms with E-state index >= 15 is 0 Å². The summed E-state index contributed by atoms with van der Waals surface area (Å²) in [5, 5.41) is 15.1. The maximum absolute atomic E-state index is 14.3. The second kappa shape index (κ2) is 15.6. The molecule has 0 radical (unpaired) electrons. The second-order valence-corrected chi connectivity index (χ2v) is 16.1. The molecule has 50 heavy (non-hydrogen) atoms. The first kappa shape index (κ1) is 35.9. The van der Waals surface area contributed by atoms with Crippen molar-refractivity contribution in [1.82, 2.24) is 19.6 Å². The first-order chi connectivity index (χ1) is 24.1. The molecule has 8 nitrogen and oxygen atoms in total. The third kappa shape index (κ3) is 7.87. The first-order valence-corrected chi connectivity index (χ1v) is 19.5. The number of benzene rings is 3. The number of nitrogens with zero attached hydrogens (tertiary/aromatic N) is 4. The highest BCUT2D eigenvalue weighted by Crippen LogP contribution is 2.38. The summed E-state index contributed by atoms with van der Waals surface area (Å²) in [6.45, 7) is 11.0. The van der Waals surface area contributed by atoms with Crippen LogP contribution in [0.4, 0.5) is 4.39 Å². The SMILES string of the molecule is CC[C@@H](C)[C@H](C(=O)O)N1C[C@H](CN2CCC(c3cc(Cc4ccc(S(=O)(=O)c5ccccc5)cc4)nn3CC)CC2)[C@@H](c2cccc(F)c2)C1. The number of aromatic nitrogens is 2. The molecular weight excluding hydrogens is 652 g/mol. The van der Waals surface area contributed by atoms with Crippen molar-refractivity contribution in [2.75, 3.05) is 32.7 Å². The van der Waals surface area contributed by atoms with E-state index in [1.165, 1.54) is 11.8 Å². The Morgan fingerprint density at radius 3 is 2.28 bits per heavy atom. The van der Waals surface area contributed by atoms with Gasteiger partial charge in [-0.25, -0.2) is 12.8 Å². The standard InChI is InChI=1S/C40H49FN4O4S/c1-4-28(3)39(40(46)47)44-26-32(37(27-44)31-10-9-11-33(41)23-31)25-43-20-18-30(19-21-43)38-24-34(42-45(38)5-2)22-29-14-16-36(17-15-29)50(48,49)35-12-7-6-8-13-35/h6-17,23-24,28,30,32,37,39H,4-5,18-22,25-27H2,1-3H3,(H,46,47)/t28-,32+,37-,39-/m1/s1. The van der Waals surface area contributed by atoms with E-state index in [0.29, 0.717) is 25.4 Å². The van der Waals surface area contributed by atoms with Gasteiger partial charge in [-0.2, -0.15) is 5.10 Å². The largest absolute Gasteiger partial charge is 0.480 e. The number of likely N-dealkylation sites (tertiary alicyclic amines) is 2. The zero-order valence-electron chi connectivity index (χ0n) is 29.3. The number of sulfone groups is 1. The summed E-state index contributed by atoms with van der Waals surface area (Å²) in [6, 6.07) is 24.1. The number of carbonyl (C=O) groups is 1.